The summed E-state index contributed by atoms with van der Waals surface area (Å²) in [5.41, 5.74) is 1.28. The van der Waals surface area contributed by atoms with E-state index in [1.807, 2.05) is 18.2 Å². The van der Waals surface area contributed by atoms with Crippen molar-refractivity contribution in [2.45, 2.75) is 6.92 Å². The molecule has 0 aromatic heterocycles. The van der Waals surface area contributed by atoms with Crippen molar-refractivity contribution in [1.82, 2.24) is 0 Å². The summed E-state index contributed by atoms with van der Waals surface area (Å²) >= 11 is 3.40. The maximum absolute atomic E-state index is 3.40. The summed E-state index contributed by atoms with van der Waals surface area (Å²) in [4.78, 5) is 0. The zero-order valence-electron chi connectivity index (χ0n) is 8.32. The molecule has 0 heterocycles. The second kappa shape index (κ2) is 15.1. The summed E-state index contributed by atoms with van der Waals surface area (Å²) in [5.74, 6) is 0. The number of benzene rings is 1. The van der Waals surface area contributed by atoms with Gasteiger partial charge < -0.3 is 1.43 Å². The first-order valence-electron chi connectivity index (χ1n) is 2.52. The van der Waals surface area contributed by atoms with Gasteiger partial charge in [0.25, 0.3) is 0 Å². The van der Waals surface area contributed by atoms with Gasteiger partial charge in [0, 0.05) is 4.47 Å². The molecule has 1 aromatic carbocycles. The van der Waals surface area contributed by atoms with Crippen molar-refractivity contribution in [2.75, 3.05) is 0 Å². The van der Waals surface area contributed by atoms with Crippen molar-refractivity contribution in [1.29, 1.82) is 0 Å². The maximum Gasteiger partial charge on any atom is 1.00 e. The van der Waals surface area contributed by atoms with Crippen LogP contribution in [0.4, 0.5) is 14.1 Å². The van der Waals surface area contributed by atoms with E-state index in [2.05, 4.69) is 28.9 Å². The molecule has 13 heavy (non-hydrogen) atoms. The molecule has 0 spiro atoms. The van der Waals surface area contributed by atoms with Crippen molar-refractivity contribution >= 4 is 32.9 Å². The van der Waals surface area contributed by atoms with E-state index in [0.29, 0.717) is 0 Å². The Morgan fingerprint density at radius 2 is 1.46 bits per heavy atom. The Kier molecular flexibility index (Phi) is 33.8. The zero-order chi connectivity index (χ0) is 5.98. The Morgan fingerprint density at radius 3 is 1.69 bits per heavy atom. The molecule has 6 heteroatoms. The third-order valence-electron chi connectivity index (χ3n) is 1.08. The summed E-state index contributed by atoms with van der Waals surface area (Å²) in [5, 5.41) is 0. The largest absolute Gasteiger partial charge is 1.00 e. The Morgan fingerprint density at radius 1 is 1.08 bits per heavy atom. The summed E-state index contributed by atoms with van der Waals surface area (Å²) in [6.45, 7) is 2.07. The average Bonchev–Trinajstić information content (AvgIpc) is 1.77. The molecular weight excluding hydrogens is 308 g/mol. The van der Waals surface area contributed by atoms with Gasteiger partial charge in [0.15, 0.2) is 0 Å². The van der Waals surface area contributed by atoms with Gasteiger partial charge in [0.1, 0.15) is 0 Å². The van der Waals surface area contributed by atoms with Gasteiger partial charge in [0.05, 0.1) is 0 Å². The molecule has 1 aromatic rings. The summed E-state index contributed by atoms with van der Waals surface area (Å²) in [6.07, 6.45) is 0. The van der Waals surface area contributed by atoms with E-state index in [4.69, 9.17) is 0 Å². The van der Waals surface area contributed by atoms with E-state index in [1.54, 1.807) is 0 Å². The molecule has 0 N–H and O–H groups in total. The molecule has 0 radical (unpaired) electrons. The summed E-state index contributed by atoms with van der Waals surface area (Å²) < 4.78 is 1.18. The standard InChI is InChI=1S/C7H7Br.BrH.3FH.Li.H/c1-6-4-2-3-5-7(6)8;;;;;;/h2-5H,1H3;4*1H;;/q;;;;;+1;-1. The minimum atomic E-state index is 0. The second-order valence-electron chi connectivity index (χ2n) is 1.75. The Balaban J connectivity index is -0.0000000267. The molecule has 0 saturated heterocycles. The zero-order valence-corrected chi connectivity index (χ0v) is 10.6. The van der Waals surface area contributed by atoms with Gasteiger partial charge in [-0.05, 0) is 18.6 Å². The summed E-state index contributed by atoms with van der Waals surface area (Å²) in [7, 11) is 0. The van der Waals surface area contributed by atoms with Crippen molar-refractivity contribution in [3.05, 3.63) is 34.3 Å². The van der Waals surface area contributed by atoms with Crippen LogP contribution in [-0.4, -0.2) is 0 Å². The summed E-state index contributed by atoms with van der Waals surface area (Å²) in [6, 6.07) is 8.15. The molecule has 0 bridgehead atoms. The van der Waals surface area contributed by atoms with Gasteiger partial charge in [0.2, 0.25) is 0 Å². The molecule has 0 nitrogen and oxygen atoms in total. The SMILES string of the molecule is Br.Cc1ccccc1Br.F.F.F.[H-].[Li+]. The predicted molar refractivity (Wildman–Crippen MR) is 57.8 cm³/mol. The molecule has 0 atom stereocenters. The minimum absolute atomic E-state index is 0. The van der Waals surface area contributed by atoms with Gasteiger partial charge in [-0.2, -0.15) is 0 Å². The first-order valence-corrected chi connectivity index (χ1v) is 3.31. The molecule has 0 fully saturated rings. The molecule has 0 aliphatic carbocycles. The third-order valence-corrected chi connectivity index (χ3v) is 1.97. The fourth-order valence-corrected chi connectivity index (χ4v) is 0.836. The molecule has 0 saturated carbocycles. The quantitative estimate of drug-likeness (QED) is 0.624. The van der Waals surface area contributed by atoms with Crippen molar-refractivity contribution in [3.8, 4) is 0 Å². The van der Waals surface area contributed by atoms with Gasteiger partial charge in [-0.1, -0.05) is 34.1 Å². The van der Waals surface area contributed by atoms with Crippen molar-refractivity contribution < 1.29 is 34.4 Å². The van der Waals surface area contributed by atoms with Crippen LogP contribution in [0.3, 0.4) is 0 Å². The number of hydrogen-bond donors (Lipinski definition) is 0. The van der Waals surface area contributed by atoms with Gasteiger partial charge in [-0.3, -0.25) is 14.1 Å². The first-order chi connectivity index (χ1) is 3.80. The van der Waals surface area contributed by atoms with Crippen molar-refractivity contribution in [2.24, 2.45) is 0 Å². The van der Waals surface area contributed by atoms with Crippen LogP contribution in [0.1, 0.15) is 6.99 Å². The third kappa shape index (κ3) is 10.5. The van der Waals surface area contributed by atoms with Crippen molar-refractivity contribution in [3.63, 3.8) is 0 Å². The predicted octanol–water partition coefficient (Wildman–Crippen LogP) is 0.909. The fraction of sp³-hybridized carbons (Fsp3) is 0.143. The Labute approximate surface area is 108 Å². The minimum Gasteiger partial charge on any atom is -1.00 e. The van der Waals surface area contributed by atoms with Crippen LogP contribution in [0.2, 0.25) is 0 Å². The second-order valence-corrected chi connectivity index (χ2v) is 2.60. The number of aryl methyl sites for hydroxylation is 1. The first kappa shape index (κ1) is 29.2. The number of halogens is 5. The molecule has 0 unspecified atom stereocenters. The van der Waals surface area contributed by atoms with E-state index in [9.17, 15) is 0 Å². The molecule has 0 amide bonds. The van der Waals surface area contributed by atoms with E-state index in [0.717, 1.165) is 0 Å². The Bertz CT molecular complexity index is 183. The van der Waals surface area contributed by atoms with E-state index in [-0.39, 0.29) is 51.4 Å². The van der Waals surface area contributed by atoms with Crippen LogP contribution in [-0.2, 0) is 0 Å². The van der Waals surface area contributed by atoms with E-state index in [1.165, 1.54) is 10.0 Å². The molecule has 1 rings (SSSR count). The number of hydrogen-bond acceptors (Lipinski definition) is 0. The molecular formula is C7H12Br2F3Li. The van der Waals surface area contributed by atoms with Crippen LogP contribution in [0.25, 0.3) is 0 Å². The maximum atomic E-state index is 3.40. The molecule has 76 valence electrons. The fourth-order valence-electron chi connectivity index (χ4n) is 0.551. The van der Waals surface area contributed by atoms with Crippen LogP contribution in [0, 0.1) is 6.92 Å². The smallest absolute Gasteiger partial charge is 1.00 e. The number of rotatable bonds is 0. The molecule has 0 aliphatic rings. The van der Waals surface area contributed by atoms with Crippen LogP contribution >= 0.6 is 32.9 Å². The Hall–Kier alpha value is 0.567. The monoisotopic (exact) mass is 318 g/mol. The van der Waals surface area contributed by atoms with Gasteiger partial charge in [-0.25, -0.2) is 0 Å². The van der Waals surface area contributed by atoms with Crippen LogP contribution in [0.15, 0.2) is 28.7 Å². The van der Waals surface area contributed by atoms with Gasteiger partial charge >= 0.3 is 18.9 Å². The van der Waals surface area contributed by atoms with Gasteiger partial charge in [-0.15, -0.1) is 17.0 Å². The van der Waals surface area contributed by atoms with Crippen LogP contribution in [0.5, 0.6) is 0 Å². The average molecular weight is 320 g/mol. The topological polar surface area (TPSA) is 0 Å². The van der Waals surface area contributed by atoms with E-state index < -0.39 is 0 Å². The molecule has 0 aliphatic heterocycles. The van der Waals surface area contributed by atoms with E-state index >= 15 is 0 Å². The van der Waals surface area contributed by atoms with Crippen LogP contribution < -0.4 is 18.9 Å². The normalized spacial score (nSPS) is 5.69.